The van der Waals surface area contributed by atoms with Crippen LogP contribution >= 0.6 is 11.6 Å². The molecule has 0 bridgehead atoms. The number of H-pyrrole nitrogens is 1. The van der Waals surface area contributed by atoms with Crippen LogP contribution in [0, 0.1) is 0 Å². The normalized spacial score (nSPS) is 11.6. The summed E-state index contributed by atoms with van der Waals surface area (Å²) in [7, 11) is 0. The summed E-state index contributed by atoms with van der Waals surface area (Å²) in [6, 6.07) is 5.10. The highest BCUT2D eigenvalue weighted by molar-refractivity contribution is 6.29. The van der Waals surface area contributed by atoms with Crippen LogP contribution in [0.1, 0.15) is 27.5 Å². The van der Waals surface area contributed by atoms with Gasteiger partial charge in [0.05, 0.1) is 5.56 Å². The van der Waals surface area contributed by atoms with Crippen molar-refractivity contribution in [3.05, 3.63) is 70.9 Å². The van der Waals surface area contributed by atoms with Crippen LogP contribution in [-0.4, -0.2) is 31.1 Å². The molecule has 0 saturated heterocycles. The minimum Gasteiger partial charge on any atom is -0.507 e. The monoisotopic (exact) mass is 330 g/mol. The van der Waals surface area contributed by atoms with Gasteiger partial charge in [0.15, 0.2) is 11.0 Å². The van der Waals surface area contributed by atoms with E-state index in [-0.39, 0.29) is 16.8 Å². The Morgan fingerprint density at radius 1 is 1.39 bits per heavy atom. The number of halogens is 1. The summed E-state index contributed by atoms with van der Waals surface area (Å²) in [5, 5.41) is 16.3. The topological polar surface area (TPSA) is 105 Å². The number of carbonyl (C=O) groups excluding carboxylic acids is 1. The molecular weight excluding hydrogens is 320 g/mol. The summed E-state index contributed by atoms with van der Waals surface area (Å²) in [4.78, 5) is 19.6. The van der Waals surface area contributed by atoms with Crippen molar-refractivity contribution in [1.82, 2.24) is 20.2 Å². The lowest BCUT2D eigenvalue weighted by atomic mass is 10.1. The van der Waals surface area contributed by atoms with Gasteiger partial charge in [-0.25, -0.2) is 4.98 Å². The van der Waals surface area contributed by atoms with E-state index < -0.39 is 5.78 Å². The van der Waals surface area contributed by atoms with Crippen LogP contribution in [0.15, 0.2) is 47.4 Å². The molecule has 0 radical (unpaired) electrons. The van der Waals surface area contributed by atoms with E-state index in [2.05, 4.69) is 20.2 Å². The number of nitrogens with one attached hydrogen (secondary N) is 1. The first-order valence-corrected chi connectivity index (χ1v) is 6.99. The number of carbonyl (C=O) groups is 1. The fraction of sp³-hybridized carbons (Fsp3) is 0.0667. The molecule has 0 saturated carbocycles. The SMILES string of the molecule is O=C(C=C(O)c1cc(Cl)oc1Cc1ccncc1)c1ncn[nH]1. The first-order valence-electron chi connectivity index (χ1n) is 6.61. The van der Waals surface area contributed by atoms with Crippen LogP contribution in [-0.2, 0) is 6.42 Å². The molecule has 0 aromatic carbocycles. The Balaban J connectivity index is 1.89. The first-order chi connectivity index (χ1) is 11.1. The summed E-state index contributed by atoms with van der Waals surface area (Å²) >= 11 is 5.88. The summed E-state index contributed by atoms with van der Waals surface area (Å²) in [6.07, 6.45) is 5.96. The number of hydrogen-bond donors (Lipinski definition) is 2. The molecule has 0 aliphatic carbocycles. The van der Waals surface area contributed by atoms with Gasteiger partial charge in [0, 0.05) is 31.0 Å². The van der Waals surface area contributed by atoms with E-state index in [0.717, 1.165) is 11.6 Å². The highest BCUT2D eigenvalue weighted by Gasteiger charge is 2.16. The molecule has 0 aliphatic heterocycles. The number of nitrogens with zero attached hydrogens (tertiary/aromatic N) is 3. The predicted octanol–water partition coefficient (Wildman–Crippen LogP) is 2.82. The lowest BCUT2D eigenvalue weighted by Crippen LogP contribution is -2.00. The fourth-order valence-electron chi connectivity index (χ4n) is 2.02. The van der Waals surface area contributed by atoms with Gasteiger partial charge in [-0.1, -0.05) is 0 Å². The lowest BCUT2D eigenvalue weighted by Gasteiger charge is -2.02. The second kappa shape index (κ2) is 6.45. The van der Waals surface area contributed by atoms with Crippen molar-refractivity contribution in [3.63, 3.8) is 0 Å². The van der Waals surface area contributed by atoms with E-state index >= 15 is 0 Å². The fourth-order valence-corrected chi connectivity index (χ4v) is 2.23. The van der Waals surface area contributed by atoms with Crippen molar-refractivity contribution in [1.29, 1.82) is 0 Å². The van der Waals surface area contributed by atoms with Gasteiger partial charge >= 0.3 is 0 Å². The number of aromatic nitrogens is 4. The minimum absolute atomic E-state index is 0.0295. The molecule has 8 heteroatoms. The largest absolute Gasteiger partial charge is 0.507 e. The van der Waals surface area contributed by atoms with Crippen LogP contribution in [0.4, 0.5) is 0 Å². The molecule has 7 nitrogen and oxygen atoms in total. The molecule has 116 valence electrons. The smallest absolute Gasteiger partial charge is 0.226 e. The second-order valence-corrected chi connectivity index (χ2v) is 5.02. The third-order valence-electron chi connectivity index (χ3n) is 3.09. The summed E-state index contributed by atoms with van der Waals surface area (Å²) in [5.41, 5.74) is 1.28. The Bertz CT molecular complexity index is 841. The van der Waals surface area contributed by atoms with Gasteiger partial charge in [0.25, 0.3) is 0 Å². The summed E-state index contributed by atoms with van der Waals surface area (Å²) < 4.78 is 5.41. The van der Waals surface area contributed by atoms with Gasteiger partial charge in [-0.2, -0.15) is 5.10 Å². The molecule has 0 amide bonds. The zero-order valence-corrected chi connectivity index (χ0v) is 12.5. The Labute approximate surface area is 135 Å². The van der Waals surface area contributed by atoms with Crippen LogP contribution in [0.25, 0.3) is 5.76 Å². The number of hydrogen-bond acceptors (Lipinski definition) is 6. The average molecular weight is 331 g/mol. The molecule has 3 heterocycles. The number of aliphatic hydroxyl groups excluding tert-OH is 1. The Hall–Kier alpha value is -2.93. The molecule has 0 unspecified atom stereocenters. The predicted molar refractivity (Wildman–Crippen MR) is 82.1 cm³/mol. The van der Waals surface area contributed by atoms with Gasteiger partial charge in [-0.3, -0.25) is 14.9 Å². The van der Waals surface area contributed by atoms with Crippen LogP contribution < -0.4 is 0 Å². The highest BCUT2D eigenvalue weighted by atomic mass is 35.5. The van der Waals surface area contributed by atoms with E-state index in [4.69, 9.17) is 16.0 Å². The first kappa shape index (κ1) is 15.0. The number of aromatic amines is 1. The number of pyridine rings is 1. The molecule has 3 rings (SSSR count). The molecule has 3 aromatic rings. The molecule has 2 N–H and O–H groups in total. The van der Waals surface area contributed by atoms with Crippen molar-refractivity contribution in [2.24, 2.45) is 0 Å². The standard InChI is InChI=1S/C15H11ClN4O3/c16-14-6-10(11(21)7-12(22)15-18-8-19-20-15)13(23-14)5-9-1-3-17-4-2-9/h1-4,6-8,21H,5H2,(H,18,19,20). The van der Waals surface area contributed by atoms with E-state index in [1.165, 1.54) is 12.4 Å². The van der Waals surface area contributed by atoms with Gasteiger partial charge in [-0.05, 0) is 29.3 Å². The quantitative estimate of drug-likeness (QED) is 0.423. The van der Waals surface area contributed by atoms with Crippen molar-refractivity contribution in [2.45, 2.75) is 6.42 Å². The maximum absolute atomic E-state index is 11.9. The molecule has 0 atom stereocenters. The van der Waals surface area contributed by atoms with E-state index in [0.29, 0.717) is 17.7 Å². The highest BCUT2D eigenvalue weighted by Crippen LogP contribution is 2.27. The second-order valence-electron chi connectivity index (χ2n) is 4.65. The zero-order valence-electron chi connectivity index (χ0n) is 11.7. The van der Waals surface area contributed by atoms with Crippen molar-refractivity contribution >= 4 is 23.1 Å². The summed E-state index contributed by atoms with van der Waals surface area (Å²) in [6.45, 7) is 0. The molecule has 0 fully saturated rings. The van der Waals surface area contributed by atoms with Crippen molar-refractivity contribution in [3.8, 4) is 0 Å². The number of aliphatic hydroxyl groups is 1. The third-order valence-corrected chi connectivity index (χ3v) is 3.27. The van der Waals surface area contributed by atoms with Crippen molar-refractivity contribution in [2.75, 3.05) is 0 Å². The van der Waals surface area contributed by atoms with Gasteiger partial charge in [-0.15, -0.1) is 0 Å². The van der Waals surface area contributed by atoms with Gasteiger partial charge in [0.2, 0.25) is 5.78 Å². The van der Waals surface area contributed by atoms with E-state index in [9.17, 15) is 9.90 Å². The number of ketones is 1. The van der Waals surface area contributed by atoms with Crippen LogP contribution in [0.5, 0.6) is 0 Å². The lowest BCUT2D eigenvalue weighted by molar-refractivity contribution is 0.103. The molecule has 23 heavy (non-hydrogen) atoms. The van der Waals surface area contributed by atoms with Gasteiger partial charge in [0.1, 0.15) is 17.8 Å². The Morgan fingerprint density at radius 3 is 2.87 bits per heavy atom. The number of furan rings is 1. The third kappa shape index (κ3) is 3.46. The number of allylic oxidation sites excluding steroid dienone is 1. The van der Waals surface area contributed by atoms with Crippen LogP contribution in [0.3, 0.4) is 0 Å². The minimum atomic E-state index is -0.507. The molecule has 0 aliphatic rings. The molecule has 3 aromatic heterocycles. The zero-order chi connectivity index (χ0) is 16.2. The number of rotatable bonds is 5. The van der Waals surface area contributed by atoms with E-state index in [1.54, 1.807) is 12.4 Å². The van der Waals surface area contributed by atoms with E-state index in [1.807, 2.05) is 12.1 Å². The molecule has 0 spiro atoms. The maximum atomic E-state index is 11.9. The van der Waals surface area contributed by atoms with Crippen molar-refractivity contribution < 1.29 is 14.3 Å². The Morgan fingerprint density at radius 2 is 2.17 bits per heavy atom. The maximum Gasteiger partial charge on any atom is 0.226 e. The average Bonchev–Trinajstić information content (AvgIpc) is 3.18. The summed E-state index contributed by atoms with van der Waals surface area (Å²) in [5.74, 6) is -0.291. The Kier molecular flexibility index (Phi) is 4.20. The van der Waals surface area contributed by atoms with Gasteiger partial charge < -0.3 is 9.52 Å². The molecular formula is C15H11ClN4O3. The van der Waals surface area contributed by atoms with Crippen LogP contribution in [0.2, 0.25) is 5.22 Å².